The van der Waals surface area contributed by atoms with Gasteiger partial charge in [0.25, 0.3) is 11.6 Å². The van der Waals surface area contributed by atoms with Crippen molar-refractivity contribution in [2.24, 2.45) is 4.99 Å². The number of nitrogens with zero attached hydrogens (tertiary/aromatic N) is 2. The number of aromatic carboxylic acids is 1. The first-order valence-corrected chi connectivity index (χ1v) is 8.12. The third-order valence-corrected chi connectivity index (χ3v) is 4.30. The molecule has 0 atom stereocenters. The molecule has 0 spiro atoms. The highest BCUT2D eigenvalue weighted by Gasteiger charge is 2.24. The van der Waals surface area contributed by atoms with E-state index in [4.69, 9.17) is 0 Å². The first-order chi connectivity index (χ1) is 12.4. The van der Waals surface area contributed by atoms with E-state index in [0.717, 1.165) is 11.8 Å². The number of benzene rings is 2. The number of carbonyl (C=O) groups is 2. The predicted octanol–water partition coefficient (Wildman–Crippen LogP) is 3.18. The number of hydrogen-bond donors (Lipinski definition) is 2. The summed E-state index contributed by atoms with van der Waals surface area (Å²) in [6.07, 6.45) is 1.51. The van der Waals surface area contributed by atoms with Crippen LogP contribution in [-0.2, 0) is 4.79 Å². The third kappa shape index (κ3) is 3.78. The summed E-state index contributed by atoms with van der Waals surface area (Å²) in [4.78, 5) is 38.1. The van der Waals surface area contributed by atoms with Gasteiger partial charge >= 0.3 is 5.97 Å². The zero-order valence-corrected chi connectivity index (χ0v) is 13.9. The Morgan fingerprint density at radius 2 is 2.00 bits per heavy atom. The molecular weight excluding hydrogens is 358 g/mol. The van der Waals surface area contributed by atoms with Crippen LogP contribution in [-0.4, -0.2) is 27.1 Å². The molecule has 2 aromatic rings. The van der Waals surface area contributed by atoms with Crippen molar-refractivity contribution in [1.82, 2.24) is 5.32 Å². The number of carbonyl (C=O) groups excluding carboxylic acids is 1. The van der Waals surface area contributed by atoms with Crippen LogP contribution in [0.25, 0.3) is 6.08 Å². The van der Waals surface area contributed by atoms with Gasteiger partial charge in [0.15, 0.2) is 5.17 Å². The maximum Gasteiger partial charge on any atom is 0.337 e. The van der Waals surface area contributed by atoms with Crippen LogP contribution < -0.4 is 5.32 Å². The van der Waals surface area contributed by atoms with Gasteiger partial charge in [-0.25, -0.2) is 9.79 Å². The molecule has 1 fully saturated rings. The zero-order valence-electron chi connectivity index (χ0n) is 13.1. The number of carboxylic acid groups (broad SMARTS) is 1. The quantitative estimate of drug-likeness (QED) is 0.485. The molecule has 0 unspecified atom stereocenters. The number of aliphatic imine (C=N–C) groups is 1. The van der Waals surface area contributed by atoms with Crippen molar-refractivity contribution in [3.05, 3.63) is 74.7 Å². The summed E-state index contributed by atoms with van der Waals surface area (Å²) in [6, 6.07) is 12.1. The lowest BCUT2D eigenvalue weighted by Gasteiger charge is -2.00. The summed E-state index contributed by atoms with van der Waals surface area (Å²) < 4.78 is 0. The summed E-state index contributed by atoms with van der Waals surface area (Å²) in [6.45, 7) is 0. The average Bonchev–Trinajstić information content (AvgIpc) is 2.94. The van der Waals surface area contributed by atoms with Crippen molar-refractivity contribution in [3.8, 4) is 0 Å². The first-order valence-electron chi connectivity index (χ1n) is 7.30. The van der Waals surface area contributed by atoms with Crippen molar-refractivity contribution in [2.75, 3.05) is 0 Å². The van der Waals surface area contributed by atoms with Gasteiger partial charge in [0.1, 0.15) is 0 Å². The summed E-state index contributed by atoms with van der Waals surface area (Å²) in [5.74, 6) is -1.53. The van der Waals surface area contributed by atoms with Crippen LogP contribution in [0.15, 0.2) is 58.4 Å². The van der Waals surface area contributed by atoms with E-state index in [-0.39, 0.29) is 22.1 Å². The SMILES string of the molecule is O=C1NC(=Nc2ccccc2C(=O)O)S/C1=C\c1cccc([N+](=O)[O-])c1. The minimum atomic E-state index is -1.12. The van der Waals surface area contributed by atoms with E-state index in [9.17, 15) is 24.8 Å². The van der Waals surface area contributed by atoms with Crippen molar-refractivity contribution < 1.29 is 19.6 Å². The smallest absolute Gasteiger partial charge is 0.337 e. The van der Waals surface area contributed by atoms with Crippen LogP contribution in [0.4, 0.5) is 11.4 Å². The fourth-order valence-corrected chi connectivity index (χ4v) is 3.06. The number of nitrogens with one attached hydrogen (secondary N) is 1. The van der Waals surface area contributed by atoms with Gasteiger partial charge in [-0.2, -0.15) is 0 Å². The second-order valence-electron chi connectivity index (χ2n) is 5.16. The van der Waals surface area contributed by atoms with E-state index < -0.39 is 16.8 Å². The van der Waals surface area contributed by atoms with Crippen LogP contribution in [0.3, 0.4) is 0 Å². The van der Waals surface area contributed by atoms with Crippen LogP contribution >= 0.6 is 11.8 Å². The lowest BCUT2D eigenvalue weighted by atomic mass is 10.2. The largest absolute Gasteiger partial charge is 0.478 e. The summed E-state index contributed by atoms with van der Waals surface area (Å²) in [5.41, 5.74) is 0.668. The summed E-state index contributed by atoms with van der Waals surface area (Å²) in [5, 5.41) is 22.8. The Bertz CT molecular complexity index is 984. The molecule has 0 aromatic heterocycles. The van der Waals surface area contributed by atoms with Gasteiger partial charge in [0.05, 0.1) is 21.1 Å². The van der Waals surface area contributed by atoms with E-state index in [1.54, 1.807) is 18.2 Å². The lowest BCUT2D eigenvalue weighted by molar-refractivity contribution is -0.384. The number of amidine groups is 1. The summed E-state index contributed by atoms with van der Waals surface area (Å²) >= 11 is 1.03. The molecule has 1 saturated heterocycles. The topological polar surface area (TPSA) is 122 Å². The summed E-state index contributed by atoms with van der Waals surface area (Å²) in [7, 11) is 0. The monoisotopic (exact) mass is 369 g/mol. The van der Waals surface area contributed by atoms with Crippen molar-refractivity contribution in [2.45, 2.75) is 0 Å². The van der Waals surface area contributed by atoms with Gasteiger partial charge in [-0.15, -0.1) is 0 Å². The number of nitro groups is 1. The highest BCUT2D eigenvalue weighted by atomic mass is 32.2. The standard InChI is InChI=1S/C17H11N3O5S/c21-15-14(9-10-4-3-5-11(8-10)20(24)25)26-17(19-15)18-13-7-2-1-6-12(13)16(22)23/h1-9H,(H,22,23)(H,18,19,21)/b14-9-. The Kier molecular flexibility index (Phi) is 4.81. The molecule has 3 rings (SSSR count). The molecule has 0 aliphatic carbocycles. The normalized spacial score (nSPS) is 16.7. The molecule has 2 N–H and O–H groups in total. The highest BCUT2D eigenvalue weighted by molar-refractivity contribution is 8.18. The van der Waals surface area contributed by atoms with E-state index in [2.05, 4.69) is 10.3 Å². The third-order valence-electron chi connectivity index (χ3n) is 3.39. The maximum atomic E-state index is 12.1. The van der Waals surface area contributed by atoms with Gasteiger partial charge < -0.3 is 10.4 Å². The van der Waals surface area contributed by atoms with Gasteiger partial charge in [-0.05, 0) is 35.5 Å². The number of para-hydroxylation sites is 1. The molecule has 9 heteroatoms. The predicted molar refractivity (Wildman–Crippen MR) is 97.3 cm³/mol. The van der Waals surface area contributed by atoms with E-state index in [0.29, 0.717) is 10.5 Å². The van der Waals surface area contributed by atoms with E-state index >= 15 is 0 Å². The Labute approximate surface area is 151 Å². The van der Waals surface area contributed by atoms with Crippen molar-refractivity contribution in [1.29, 1.82) is 0 Å². The molecule has 8 nitrogen and oxygen atoms in total. The minimum Gasteiger partial charge on any atom is -0.478 e. The van der Waals surface area contributed by atoms with Crippen LogP contribution in [0.1, 0.15) is 15.9 Å². The molecule has 1 amide bonds. The Morgan fingerprint density at radius 1 is 1.23 bits per heavy atom. The first kappa shape index (κ1) is 17.4. The van der Waals surface area contributed by atoms with Gasteiger partial charge in [0, 0.05) is 12.1 Å². The molecule has 130 valence electrons. The van der Waals surface area contributed by atoms with Crippen molar-refractivity contribution in [3.63, 3.8) is 0 Å². The molecule has 0 bridgehead atoms. The number of non-ortho nitro benzene ring substituents is 1. The lowest BCUT2D eigenvalue weighted by Crippen LogP contribution is -2.19. The average molecular weight is 369 g/mol. The van der Waals surface area contributed by atoms with Crippen LogP contribution in [0.2, 0.25) is 0 Å². The molecule has 1 aliphatic heterocycles. The number of thioether (sulfide) groups is 1. The maximum absolute atomic E-state index is 12.1. The molecule has 2 aromatic carbocycles. The molecule has 0 saturated carbocycles. The Balaban J connectivity index is 1.89. The molecule has 1 heterocycles. The van der Waals surface area contributed by atoms with Crippen molar-refractivity contribution >= 4 is 46.3 Å². The Hall–Kier alpha value is -3.46. The van der Waals surface area contributed by atoms with Gasteiger partial charge in [0.2, 0.25) is 0 Å². The fourth-order valence-electron chi connectivity index (χ4n) is 2.22. The number of nitro benzene ring substituents is 1. The fraction of sp³-hybridized carbons (Fsp3) is 0. The number of amides is 1. The van der Waals surface area contributed by atoms with Gasteiger partial charge in [-0.3, -0.25) is 14.9 Å². The van der Waals surface area contributed by atoms with Gasteiger partial charge in [-0.1, -0.05) is 24.3 Å². The number of carboxylic acids is 1. The second kappa shape index (κ2) is 7.19. The highest BCUT2D eigenvalue weighted by Crippen LogP contribution is 2.29. The number of rotatable bonds is 4. The molecule has 0 radical (unpaired) electrons. The number of hydrogen-bond acceptors (Lipinski definition) is 6. The molecule has 26 heavy (non-hydrogen) atoms. The van der Waals surface area contributed by atoms with E-state index in [1.807, 2.05) is 0 Å². The zero-order chi connectivity index (χ0) is 18.7. The molecule has 1 aliphatic rings. The molecular formula is C17H11N3O5S. The second-order valence-corrected chi connectivity index (χ2v) is 6.19. The minimum absolute atomic E-state index is 0.0194. The van der Waals surface area contributed by atoms with E-state index in [1.165, 1.54) is 36.4 Å². The van der Waals surface area contributed by atoms with Crippen LogP contribution in [0.5, 0.6) is 0 Å². The Morgan fingerprint density at radius 3 is 2.73 bits per heavy atom. The van der Waals surface area contributed by atoms with Crippen LogP contribution in [0, 0.1) is 10.1 Å².